The highest BCUT2D eigenvalue weighted by molar-refractivity contribution is 7.89. The average molecular weight is 268 g/mol. The molecule has 1 aromatic heterocycles. The summed E-state index contributed by atoms with van der Waals surface area (Å²) in [5, 5.41) is 6.09. The van der Waals surface area contributed by atoms with Crippen molar-refractivity contribution in [1.29, 1.82) is 0 Å². The number of aromatic amines is 1. The number of nitrogens with zero attached hydrogens (tertiary/aromatic N) is 2. The van der Waals surface area contributed by atoms with Crippen molar-refractivity contribution in [3.63, 3.8) is 0 Å². The zero-order chi connectivity index (χ0) is 12.0. The molecule has 0 aromatic carbocycles. The summed E-state index contributed by atoms with van der Waals surface area (Å²) in [6.07, 6.45) is 2.60. The van der Waals surface area contributed by atoms with E-state index in [1.165, 1.54) is 23.8 Å². The Hall–Kier alpha value is -0.630. The van der Waals surface area contributed by atoms with Crippen molar-refractivity contribution in [2.24, 2.45) is 0 Å². The molecule has 6 nitrogen and oxygen atoms in total. The average Bonchev–Trinajstić information content (AvgIpc) is 2.77. The molecule has 1 heterocycles. The van der Waals surface area contributed by atoms with Crippen molar-refractivity contribution in [2.75, 3.05) is 32.7 Å². The predicted molar refractivity (Wildman–Crippen MR) is 59.9 cm³/mol. The van der Waals surface area contributed by atoms with E-state index in [2.05, 4.69) is 10.2 Å². The lowest BCUT2D eigenvalue weighted by Crippen LogP contribution is -2.35. The Morgan fingerprint density at radius 3 is 2.81 bits per heavy atom. The van der Waals surface area contributed by atoms with Gasteiger partial charge in [-0.3, -0.25) is 5.10 Å². The number of hydrogen-bond donors (Lipinski definition) is 1. The molecule has 0 spiro atoms. The normalized spacial score (nSPS) is 12.2. The van der Waals surface area contributed by atoms with E-state index in [9.17, 15) is 8.42 Å². The van der Waals surface area contributed by atoms with E-state index in [1.54, 1.807) is 0 Å². The molecule has 0 bridgehead atoms. The van der Waals surface area contributed by atoms with Crippen LogP contribution in [0.3, 0.4) is 0 Å². The zero-order valence-electron chi connectivity index (χ0n) is 8.89. The van der Waals surface area contributed by atoms with Crippen molar-refractivity contribution in [2.45, 2.75) is 4.90 Å². The van der Waals surface area contributed by atoms with Crippen LogP contribution in [0.2, 0.25) is 0 Å². The van der Waals surface area contributed by atoms with Gasteiger partial charge in [-0.05, 0) is 0 Å². The number of alkyl halides is 1. The lowest BCUT2D eigenvalue weighted by molar-refractivity contribution is 0.180. The van der Waals surface area contributed by atoms with E-state index in [-0.39, 0.29) is 23.9 Å². The summed E-state index contributed by atoms with van der Waals surface area (Å²) in [4.78, 5) is 0.133. The van der Waals surface area contributed by atoms with Crippen LogP contribution in [-0.2, 0) is 14.8 Å². The summed E-state index contributed by atoms with van der Waals surface area (Å²) in [7, 11) is -2.00. The van der Waals surface area contributed by atoms with Gasteiger partial charge in [0.25, 0.3) is 0 Å². The molecule has 0 aliphatic heterocycles. The lowest BCUT2D eigenvalue weighted by atomic mass is 10.6. The first-order chi connectivity index (χ1) is 7.62. The van der Waals surface area contributed by atoms with Crippen LogP contribution in [0.4, 0.5) is 0 Å². The Kier molecular flexibility index (Phi) is 5.20. The third-order valence-electron chi connectivity index (χ3n) is 1.99. The second kappa shape index (κ2) is 6.19. The molecule has 1 aromatic rings. The van der Waals surface area contributed by atoms with Crippen LogP contribution in [0.5, 0.6) is 0 Å². The number of hydrogen-bond acceptors (Lipinski definition) is 4. The molecular formula is C8H14ClN3O3S. The second-order valence-corrected chi connectivity index (χ2v) is 5.34. The molecule has 0 amide bonds. The molecule has 16 heavy (non-hydrogen) atoms. The lowest BCUT2D eigenvalue weighted by Gasteiger charge is -2.19. The van der Waals surface area contributed by atoms with Crippen LogP contribution < -0.4 is 0 Å². The van der Waals surface area contributed by atoms with Gasteiger partial charge in [-0.1, -0.05) is 0 Å². The summed E-state index contributed by atoms with van der Waals surface area (Å²) in [5.74, 6) is 0.237. The molecule has 92 valence electrons. The van der Waals surface area contributed by atoms with E-state index in [0.29, 0.717) is 6.61 Å². The molecule has 0 saturated heterocycles. The van der Waals surface area contributed by atoms with Crippen molar-refractivity contribution in [1.82, 2.24) is 14.5 Å². The number of sulfonamides is 1. The Labute approximate surface area is 99.6 Å². The third kappa shape index (κ3) is 3.18. The second-order valence-electron chi connectivity index (χ2n) is 3.02. The number of methoxy groups -OCH3 is 1. The molecule has 0 unspecified atom stereocenters. The van der Waals surface area contributed by atoms with Crippen LogP contribution in [0.25, 0.3) is 0 Å². The highest BCUT2D eigenvalue weighted by Gasteiger charge is 2.24. The van der Waals surface area contributed by atoms with Crippen LogP contribution in [0, 0.1) is 0 Å². The molecule has 1 rings (SSSR count). The minimum Gasteiger partial charge on any atom is -0.383 e. The van der Waals surface area contributed by atoms with Gasteiger partial charge < -0.3 is 4.74 Å². The Balaban J connectivity index is 2.84. The Morgan fingerprint density at radius 2 is 2.31 bits per heavy atom. The fraction of sp³-hybridized carbons (Fsp3) is 0.625. The molecule has 0 aliphatic carbocycles. The van der Waals surface area contributed by atoms with Gasteiger partial charge in [0.1, 0.15) is 4.90 Å². The van der Waals surface area contributed by atoms with Crippen molar-refractivity contribution in [3.8, 4) is 0 Å². The molecule has 0 radical (unpaired) electrons. The van der Waals surface area contributed by atoms with Crippen molar-refractivity contribution < 1.29 is 13.2 Å². The Bertz CT molecular complexity index is 393. The Morgan fingerprint density at radius 1 is 1.56 bits per heavy atom. The standard InChI is InChI=1S/C8H14ClN3O3S/c1-15-5-4-12(3-2-9)16(13,14)8-6-10-11-7-8/h6-7H,2-5H2,1H3,(H,10,11). The quantitative estimate of drug-likeness (QED) is 0.721. The summed E-state index contributed by atoms with van der Waals surface area (Å²) >= 11 is 5.57. The zero-order valence-corrected chi connectivity index (χ0v) is 10.5. The largest absolute Gasteiger partial charge is 0.383 e. The van der Waals surface area contributed by atoms with Crippen molar-refractivity contribution in [3.05, 3.63) is 12.4 Å². The van der Waals surface area contributed by atoms with Crippen molar-refractivity contribution >= 4 is 21.6 Å². The number of aromatic nitrogens is 2. The van der Waals surface area contributed by atoms with Crippen LogP contribution in [0.15, 0.2) is 17.3 Å². The van der Waals surface area contributed by atoms with Gasteiger partial charge in [0.2, 0.25) is 10.0 Å². The van der Waals surface area contributed by atoms with Gasteiger partial charge in [0, 0.05) is 32.3 Å². The molecular weight excluding hydrogens is 254 g/mol. The first-order valence-electron chi connectivity index (χ1n) is 4.66. The van der Waals surface area contributed by atoms with Gasteiger partial charge in [-0.25, -0.2) is 8.42 Å². The smallest absolute Gasteiger partial charge is 0.246 e. The maximum absolute atomic E-state index is 12.0. The summed E-state index contributed by atoms with van der Waals surface area (Å²) in [6.45, 7) is 0.850. The van der Waals surface area contributed by atoms with Crippen LogP contribution in [-0.4, -0.2) is 55.6 Å². The number of ether oxygens (including phenoxy) is 1. The first kappa shape index (κ1) is 13.4. The molecule has 1 N–H and O–H groups in total. The predicted octanol–water partition coefficient (Wildman–Crippen LogP) is 0.286. The monoisotopic (exact) mass is 267 g/mol. The maximum atomic E-state index is 12.0. The number of nitrogens with one attached hydrogen (secondary N) is 1. The highest BCUT2D eigenvalue weighted by Crippen LogP contribution is 2.13. The fourth-order valence-electron chi connectivity index (χ4n) is 1.17. The fourth-order valence-corrected chi connectivity index (χ4v) is 2.81. The highest BCUT2D eigenvalue weighted by atomic mass is 35.5. The summed E-state index contributed by atoms with van der Waals surface area (Å²) < 4.78 is 30.2. The van der Waals surface area contributed by atoms with Crippen LogP contribution >= 0.6 is 11.6 Å². The number of rotatable bonds is 7. The SMILES string of the molecule is COCCN(CCCl)S(=O)(=O)c1cn[nH]c1. The third-order valence-corrected chi connectivity index (χ3v) is 4.02. The van der Waals surface area contributed by atoms with Gasteiger partial charge in [-0.15, -0.1) is 11.6 Å². The molecule has 0 fully saturated rings. The van der Waals surface area contributed by atoms with Crippen LogP contribution in [0.1, 0.15) is 0 Å². The van der Waals surface area contributed by atoms with E-state index in [4.69, 9.17) is 16.3 Å². The van der Waals surface area contributed by atoms with Gasteiger partial charge in [-0.2, -0.15) is 9.40 Å². The van der Waals surface area contributed by atoms with E-state index in [0.717, 1.165) is 0 Å². The molecule has 0 atom stereocenters. The van der Waals surface area contributed by atoms with Gasteiger partial charge in [0.05, 0.1) is 12.8 Å². The molecule has 8 heteroatoms. The number of halogens is 1. The minimum absolute atomic E-state index is 0.133. The van der Waals surface area contributed by atoms with Gasteiger partial charge >= 0.3 is 0 Å². The summed E-state index contributed by atoms with van der Waals surface area (Å²) in [5.41, 5.74) is 0. The van der Waals surface area contributed by atoms with Gasteiger partial charge in [0.15, 0.2) is 0 Å². The topological polar surface area (TPSA) is 75.3 Å². The summed E-state index contributed by atoms with van der Waals surface area (Å²) in [6, 6.07) is 0. The first-order valence-corrected chi connectivity index (χ1v) is 6.64. The molecule has 0 aliphatic rings. The minimum atomic E-state index is -3.52. The van der Waals surface area contributed by atoms with E-state index >= 15 is 0 Å². The van der Waals surface area contributed by atoms with E-state index < -0.39 is 10.0 Å². The number of H-pyrrole nitrogens is 1. The maximum Gasteiger partial charge on any atom is 0.246 e. The van der Waals surface area contributed by atoms with E-state index in [1.807, 2.05) is 0 Å². The molecule has 0 saturated carbocycles.